The maximum absolute atomic E-state index is 14.3. The Bertz CT molecular complexity index is 614. The van der Waals surface area contributed by atoms with E-state index in [4.69, 9.17) is 5.73 Å². The summed E-state index contributed by atoms with van der Waals surface area (Å²) in [4.78, 5) is 2.12. The molecular formula is C15H19FN4. The molecule has 1 aromatic heterocycles. The molecule has 0 saturated carbocycles. The number of halogens is 1. The van der Waals surface area contributed by atoms with Gasteiger partial charge in [-0.2, -0.15) is 5.10 Å². The van der Waals surface area contributed by atoms with Crippen LogP contribution in [-0.2, 0) is 7.05 Å². The molecule has 2 N–H and O–H groups in total. The molecule has 4 nitrogen and oxygen atoms in total. The van der Waals surface area contributed by atoms with Crippen LogP contribution in [0.3, 0.4) is 0 Å². The van der Waals surface area contributed by atoms with Crippen molar-refractivity contribution in [1.82, 2.24) is 9.78 Å². The van der Waals surface area contributed by atoms with E-state index in [0.717, 1.165) is 37.1 Å². The summed E-state index contributed by atoms with van der Waals surface area (Å²) in [5, 5.41) is 4.09. The van der Waals surface area contributed by atoms with Gasteiger partial charge in [0.2, 0.25) is 0 Å². The molecule has 1 saturated heterocycles. The molecule has 0 radical (unpaired) electrons. The second-order valence-electron chi connectivity index (χ2n) is 5.28. The van der Waals surface area contributed by atoms with Crippen LogP contribution >= 0.6 is 0 Å². The van der Waals surface area contributed by atoms with Gasteiger partial charge in [-0.1, -0.05) is 6.07 Å². The molecule has 2 heterocycles. The third kappa shape index (κ3) is 2.24. The van der Waals surface area contributed by atoms with Crippen molar-refractivity contribution in [3.63, 3.8) is 0 Å². The van der Waals surface area contributed by atoms with Crippen LogP contribution in [0.1, 0.15) is 19.3 Å². The third-order valence-corrected chi connectivity index (χ3v) is 3.94. The molecule has 1 aliphatic heterocycles. The summed E-state index contributed by atoms with van der Waals surface area (Å²) >= 11 is 0. The number of nitrogen functional groups attached to an aromatic ring is 1. The summed E-state index contributed by atoms with van der Waals surface area (Å²) in [5.41, 5.74) is 8.17. The quantitative estimate of drug-likeness (QED) is 0.916. The van der Waals surface area contributed by atoms with Crippen LogP contribution in [0.25, 0.3) is 11.1 Å². The first kappa shape index (κ1) is 13.0. The number of anilines is 2. The van der Waals surface area contributed by atoms with E-state index in [1.54, 1.807) is 24.0 Å². The number of aromatic nitrogens is 2. The van der Waals surface area contributed by atoms with Gasteiger partial charge in [-0.3, -0.25) is 4.68 Å². The van der Waals surface area contributed by atoms with Gasteiger partial charge < -0.3 is 10.6 Å². The first-order valence-corrected chi connectivity index (χ1v) is 6.99. The highest BCUT2D eigenvalue weighted by Gasteiger charge is 2.16. The van der Waals surface area contributed by atoms with E-state index in [-0.39, 0.29) is 5.82 Å². The molecule has 3 rings (SSSR count). The monoisotopic (exact) mass is 274 g/mol. The van der Waals surface area contributed by atoms with Gasteiger partial charge in [0.1, 0.15) is 11.6 Å². The zero-order valence-corrected chi connectivity index (χ0v) is 11.6. The Hall–Kier alpha value is -2.04. The summed E-state index contributed by atoms with van der Waals surface area (Å²) in [5.74, 6) is 0.364. The Morgan fingerprint density at radius 3 is 2.55 bits per heavy atom. The van der Waals surface area contributed by atoms with Crippen LogP contribution in [0, 0.1) is 5.82 Å². The normalized spacial score (nSPS) is 15.6. The summed E-state index contributed by atoms with van der Waals surface area (Å²) in [6.45, 7) is 1.87. The Balaban J connectivity index is 1.92. The van der Waals surface area contributed by atoms with Crippen LogP contribution in [0.15, 0.2) is 24.4 Å². The van der Waals surface area contributed by atoms with Crippen molar-refractivity contribution >= 4 is 11.5 Å². The fourth-order valence-corrected chi connectivity index (χ4v) is 2.74. The lowest BCUT2D eigenvalue weighted by Gasteiger charge is -2.29. The summed E-state index contributed by atoms with van der Waals surface area (Å²) in [7, 11) is 1.78. The van der Waals surface area contributed by atoms with E-state index in [2.05, 4.69) is 10.00 Å². The molecule has 0 amide bonds. The van der Waals surface area contributed by atoms with Gasteiger partial charge in [0.15, 0.2) is 0 Å². The first-order chi connectivity index (χ1) is 9.66. The minimum atomic E-state index is -0.187. The van der Waals surface area contributed by atoms with Crippen molar-refractivity contribution < 1.29 is 4.39 Å². The Morgan fingerprint density at radius 1 is 1.20 bits per heavy atom. The van der Waals surface area contributed by atoms with Gasteiger partial charge >= 0.3 is 0 Å². The lowest BCUT2D eigenvalue weighted by molar-refractivity contribution is 0.557. The molecule has 20 heavy (non-hydrogen) atoms. The van der Waals surface area contributed by atoms with Crippen molar-refractivity contribution in [1.29, 1.82) is 0 Å². The molecule has 2 aromatic rings. The Morgan fingerprint density at radius 2 is 1.95 bits per heavy atom. The van der Waals surface area contributed by atoms with Crippen molar-refractivity contribution in [2.75, 3.05) is 23.7 Å². The largest absolute Gasteiger partial charge is 0.383 e. The van der Waals surface area contributed by atoms with E-state index in [0.29, 0.717) is 11.5 Å². The van der Waals surface area contributed by atoms with Crippen LogP contribution in [0.2, 0.25) is 0 Å². The number of aryl methyl sites for hydroxylation is 1. The zero-order chi connectivity index (χ0) is 14.1. The highest BCUT2D eigenvalue weighted by molar-refractivity contribution is 5.75. The minimum absolute atomic E-state index is 0.187. The van der Waals surface area contributed by atoms with Gasteiger partial charge in [0.25, 0.3) is 0 Å². The van der Waals surface area contributed by atoms with E-state index in [1.807, 2.05) is 12.1 Å². The number of hydrogen-bond donors (Lipinski definition) is 1. The van der Waals surface area contributed by atoms with Gasteiger partial charge in [-0.05, 0) is 37.0 Å². The smallest absolute Gasteiger partial charge is 0.147 e. The van der Waals surface area contributed by atoms with Crippen molar-refractivity contribution in [2.45, 2.75) is 19.3 Å². The van der Waals surface area contributed by atoms with Crippen LogP contribution in [0.5, 0.6) is 0 Å². The fourth-order valence-electron chi connectivity index (χ4n) is 2.74. The summed E-state index contributed by atoms with van der Waals surface area (Å²) in [6.07, 6.45) is 5.18. The Labute approximate surface area is 118 Å². The van der Waals surface area contributed by atoms with Crippen LogP contribution in [-0.4, -0.2) is 22.9 Å². The van der Waals surface area contributed by atoms with Crippen molar-refractivity contribution in [3.05, 3.63) is 30.2 Å². The molecule has 0 unspecified atom stereocenters. The van der Waals surface area contributed by atoms with Gasteiger partial charge in [0.05, 0.1) is 11.9 Å². The highest BCUT2D eigenvalue weighted by Crippen LogP contribution is 2.30. The topological polar surface area (TPSA) is 47.1 Å². The number of nitrogens with zero attached hydrogens (tertiary/aromatic N) is 3. The Kier molecular flexibility index (Phi) is 3.34. The molecular weight excluding hydrogens is 255 g/mol. The van der Waals surface area contributed by atoms with Crippen molar-refractivity contribution in [3.8, 4) is 11.1 Å². The van der Waals surface area contributed by atoms with Gasteiger partial charge in [-0.25, -0.2) is 4.39 Å². The molecule has 5 heteroatoms. The lowest BCUT2D eigenvalue weighted by Crippen LogP contribution is -2.30. The maximum atomic E-state index is 14.3. The number of benzene rings is 1. The van der Waals surface area contributed by atoms with E-state index in [1.165, 1.54) is 6.42 Å². The van der Waals surface area contributed by atoms with E-state index >= 15 is 0 Å². The predicted octanol–water partition coefficient (Wildman–Crippen LogP) is 2.80. The van der Waals surface area contributed by atoms with E-state index in [9.17, 15) is 4.39 Å². The molecule has 1 aliphatic rings. The average molecular weight is 274 g/mol. The number of rotatable bonds is 2. The standard InChI is InChI=1S/C15H19FN4/c1-19-15(17)12(10-18-19)11-5-6-14(13(16)9-11)20-7-3-2-4-8-20/h5-6,9-10H,2-4,7-8,17H2,1H3. The number of piperidine rings is 1. The summed E-state index contributed by atoms with van der Waals surface area (Å²) < 4.78 is 15.9. The molecule has 106 valence electrons. The third-order valence-electron chi connectivity index (χ3n) is 3.94. The highest BCUT2D eigenvalue weighted by atomic mass is 19.1. The average Bonchev–Trinajstić information content (AvgIpc) is 2.80. The van der Waals surface area contributed by atoms with Gasteiger partial charge in [-0.15, -0.1) is 0 Å². The molecule has 0 spiro atoms. The lowest BCUT2D eigenvalue weighted by atomic mass is 10.1. The number of nitrogens with two attached hydrogens (primary N) is 1. The minimum Gasteiger partial charge on any atom is -0.383 e. The second kappa shape index (κ2) is 5.15. The van der Waals surface area contributed by atoms with Gasteiger partial charge in [0, 0.05) is 25.7 Å². The van der Waals surface area contributed by atoms with Crippen LogP contribution in [0.4, 0.5) is 15.9 Å². The first-order valence-electron chi connectivity index (χ1n) is 6.99. The van der Waals surface area contributed by atoms with Crippen molar-refractivity contribution in [2.24, 2.45) is 7.05 Å². The SMILES string of the molecule is Cn1ncc(-c2ccc(N3CCCCC3)c(F)c2)c1N. The fraction of sp³-hybridized carbons (Fsp3) is 0.400. The maximum Gasteiger partial charge on any atom is 0.147 e. The van der Waals surface area contributed by atoms with E-state index < -0.39 is 0 Å². The van der Waals surface area contributed by atoms with Crippen LogP contribution < -0.4 is 10.6 Å². The number of hydrogen-bond acceptors (Lipinski definition) is 3. The molecule has 0 atom stereocenters. The molecule has 0 aliphatic carbocycles. The predicted molar refractivity (Wildman–Crippen MR) is 79.1 cm³/mol. The second-order valence-corrected chi connectivity index (χ2v) is 5.28. The molecule has 1 aromatic carbocycles. The molecule has 1 fully saturated rings. The zero-order valence-electron chi connectivity index (χ0n) is 11.6. The molecule has 0 bridgehead atoms. The summed E-state index contributed by atoms with van der Waals surface area (Å²) in [6, 6.07) is 5.32.